The van der Waals surface area contributed by atoms with Gasteiger partial charge in [0, 0.05) is 11.6 Å². The highest BCUT2D eigenvalue weighted by atomic mass is 16.5. The largest absolute Gasteiger partial charge is 0.508 e. The van der Waals surface area contributed by atoms with Crippen LogP contribution in [-0.4, -0.2) is 29.5 Å². The first kappa shape index (κ1) is 23.4. The Labute approximate surface area is 210 Å². The van der Waals surface area contributed by atoms with Gasteiger partial charge in [-0.05, 0) is 96.0 Å². The van der Waals surface area contributed by atoms with Gasteiger partial charge in [0.2, 0.25) is 5.75 Å². The minimum atomic E-state index is -0.00642. The molecular formula is C30H28O6. The molecule has 1 aliphatic rings. The van der Waals surface area contributed by atoms with E-state index in [1.807, 2.05) is 42.5 Å². The van der Waals surface area contributed by atoms with E-state index < -0.39 is 0 Å². The predicted molar refractivity (Wildman–Crippen MR) is 138 cm³/mol. The maximum absolute atomic E-state index is 10.8. The average Bonchev–Trinajstić information content (AvgIpc) is 2.88. The first-order valence-electron chi connectivity index (χ1n) is 11.8. The van der Waals surface area contributed by atoms with Gasteiger partial charge in [-0.2, -0.15) is 0 Å². The third-order valence-corrected chi connectivity index (χ3v) is 6.57. The fourth-order valence-corrected chi connectivity index (χ4v) is 4.80. The molecule has 4 aromatic carbocycles. The van der Waals surface area contributed by atoms with Gasteiger partial charge in [0.25, 0.3) is 0 Å². The van der Waals surface area contributed by atoms with Crippen LogP contribution in [0.1, 0.15) is 22.3 Å². The fourth-order valence-electron chi connectivity index (χ4n) is 4.80. The van der Waals surface area contributed by atoms with E-state index in [2.05, 4.69) is 0 Å². The Bertz CT molecular complexity index is 1430. The molecule has 6 heteroatoms. The zero-order valence-corrected chi connectivity index (χ0v) is 20.2. The highest BCUT2D eigenvalue weighted by Crippen LogP contribution is 2.45. The van der Waals surface area contributed by atoms with Crippen molar-refractivity contribution in [1.29, 1.82) is 0 Å². The van der Waals surface area contributed by atoms with Gasteiger partial charge in [0.05, 0.1) is 14.2 Å². The molecule has 0 fully saturated rings. The van der Waals surface area contributed by atoms with Gasteiger partial charge in [0.1, 0.15) is 23.0 Å². The number of methoxy groups -OCH3 is 2. The van der Waals surface area contributed by atoms with E-state index in [1.165, 1.54) is 0 Å². The summed E-state index contributed by atoms with van der Waals surface area (Å²) < 4.78 is 16.9. The number of ether oxygens (including phenoxy) is 3. The molecule has 0 spiro atoms. The summed E-state index contributed by atoms with van der Waals surface area (Å²) in [4.78, 5) is 0. The van der Waals surface area contributed by atoms with Crippen molar-refractivity contribution < 1.29 is 29.5 Å². The summed E-state index contributed by atoms with van der Waals surface area (Å²) in [5.41, 5.74) is 5.79. The summed E-state index contributed by atoms with van der Waals surface area (Å²) in [7, 11) is 3.13. The summed E-state index contributed by atoms with van der Waals surface area (Å²) in [6, 6.07) is 20.0. The Hall–Kier alpha value is -4.32. The van der Waals surface area contributed by atoms with Crippen LogP contribution in [0.2, 0.25) is 0 Å². The van der Waals surface area contributed by atoms with E-state index in [0.717, 1.165) is 46.2 Å². The molecule has 0 aromatic heterocycles. The quantitative estimate of drug-likeness (QED) is 0.291. The molecule has 36 heavy (non-hydrogen) atoms. The topological polar surface area (TPSA) is 88.4 Å². The standard InChI is InChI=1S/C30H28O6/c1-34-24-16-21-9-8-20-15-23(10-11-25(20)29(21)26(32)17-24)36-30-27(33)13-19(14-28(30)35-2)7-6-18-4-3-5-22(31)12-18/h3-5,10-17,31-33H,6-9H2,1-2H3. The van der Waals surface area contributed by atoms with Gasteiger partial charge in [0.15, 0.2) is 11.5 Å². The lowest BCUT2D eigenvalue weighted by atomic mass is 9.85. The van der Waals surface area contributed by atoms with Crippen LogP contribution >= 0.6 is 0 Å². The fraction of sp³-hybridized carbons (Fsp3) is 0.200. The highest BCUT2D eigenvalue weighted by Gasteiger charge is 2.22. The Morgan fingerprint density at radius 1 is 0.694 bits per heavy atom. The molecule has 0 saturated heterocycles. The van der Waals surface area contributed by atoms with Crippen LogP contribution in [0.3, 0.4) is 0 Å². The molecular weight excluding hydrogens is 456 g/mol. The highest BCUT2D eigenvalue weighted by molar-refractivity contribution is 5.80. The van der Waals surface area contributed by atoms with E-state index in [9.17, 15) is 15.3 Å². The third-order valence-electron chi connectivity index (χ3n) is 6.57. The molecule has 5 rings (SSSR count). The average molecular weight is 485 g/mol. The lowest BCUT2D eigenvalue weighted by Crippen LogP contribution is -2.05. The summed E-state index contributed by atoms with van der Waals surface area (Å²) in [5.74, 6) is 2.33. The minimum Gasteiger partial charge on any atom is -0.508 e. The van der Waals surface area contributed by atoms with E-state index >= 15 is 0 Å². The molecule has 4 aromatic rings. The van der Waals surface area contributed by atoms with E-state index in [-0.39, 0.29) is 23.0 Å². The summed E-state index contributed by atoms with van der Waals surface area (Å²) in [6.45, 7) is 0. The maximum Gasteiger partial charge on any atom is 0.210 e. The molecule has 3 N–H and O–H groups in total. The second-order valence-electron chi connectivity index (χ2n) is 8.92. The SMILES string of the molecule is COc1cc(O)c2c(c1)CCc1cc(Oc3c(O)cc(CCc4cccc(O)c4)cc3OC)ccc1-2. The van der Waals surface area contributed by atoms with Crippen LogP contribution < -0.4 is 14.2 Å². The van der Waals surface area contributed by atoms with E-state index in [1.54, 1.807) is 38.5 Å². The van der Waals surface area contributed by atoms with Crippen molar-refractivity contribution in [3.05, 3.63) is 89.0 Å². The number of hydrogen-bond donors (Lipinski definition) is 3. The van der Waals surface area contributed by atoms with Crippen molar-refractivity contribution in [2.75, 3.05) is 14.2 Å². The molecule has 0 aliphatic heterocycles. The number of aromatic hydroxyl groups is 3. The van der Waals surface area contributed by atoms with E-state index in [4.69, 9.17) is 14.2 Å². The van der Waals surface area contributed by atoms with Crippen molar-refractivity contribution in [1.82, 2.24) is 0 Å². The minimum absolute atomic E-state index is 0.00642. The van der Waals surface area contributed by atoms with Crippen molar-refractivity contribution in [2.45, 2.75) is 25.7 Å². The lowest BCUT2D eigenvalue weighted by Gasteiger charge is -2.22. The zero-order chi connectivity index (χ0) is 25.2. The Balaban J connectivity index is 1.39. The predicted octanol–water partition coefficient (Wildman–Crippen LogP) is 6.16. The smallest absolute Gasteiger partial charge is 0.210 e. The van der Waals surface area contributed by atoms with Crippen molar-refractivity contribution in [3.63, 3.8) is 0 Å². The van der Waals surface area contributed by atoms with Crippen molar-refractivity contribution >= 4 is 0 Å². The maximum atomic E-state index is 10.8. The Kier molecular flexibility index (Phi) is 6.34. The zero-order valence-electron chi connectivity index (χ0n) is 20.2. The van der Waals surface area contributed by atoms with Crippen molar-refractivity contribution in [3.8, 4) is 51.4 Å². The number of hydrogen-bond acceptors (Lipinski definition) is 6. The molecule has 0 radical (unpaired) electrons. The van der Waals surface area contributed by atoms with Crippen LogP contribution in [0, 0.1) is 0 Å². The van der Waals surface area contributed by atoms with Gasteiger partial charge in [-0.1, -0.05) is 18.2 Å². The van der Waals surface area contributed by atoms with Crippen LogP contribution in [0.15, 0.2) is 66.7 Å². The number of phenolic OH excluding ortho intramolecular Hbond substituents is 3. The number of rotatable bonds is 7. The number of aryl methyl sites for hydroxylation is 4. The normalized spacial score (nSPS) is 11.9. The second kappa shape index (κ2) is 9.74. The molecule has 0 atom stereocenters. The molecule has 0 bridgehead atoms. The summed E-state index contributed by atoms with van der Waals surface area (Å²) in [5, 5.41) is 31.1. The van der Waals surface area contributed by atoms with Crippen LogP contribution in [0.25, 0.3) is 11.1 Å². The van der Waals surface area contributed by atoms with Gasteiger partial charge >= 0.3 is 0 Å². The van der Waals surface area contributed by atoms with Crippen LogP contribution in [0.4, 0.5) is 0 Å². The van der Waals surface area contributed by atoms with Gasteiger partial charge in [-0.3, -0.25) is 0 Å². The second-order valence-corrected chi connectivity index (χ2v) is 8.92. The monoisotopic (exact) mass is 484 g/mol. The first-order valence-corrected chi connectivity index (χ1v) is 11.8. The molecule has 0 saturated carbocycles. The molecule has 0 unspecified atom stereocenters. The van der Waals surface area contributed by atoms with E-state index in [0.29, 0.717) is 30.1 Å². The van der Waals surface area contributed by atoms with Crippen LogP contribution in [0.5, 0.6) is 40.2 Å². The molecule has 0 amide bonds. The van der Waals surface area contributed by atoms with Gasteiger partial charge < -0.3 is 29.5 Å². The summed E-state index contributed by atoms with van der Waals surface area (Å²) >= 11 is 0. The number of phenols is 3. The first-order chi connectivity index (χ1) is 17.4. The van der Waals surface area contributed by atoms with Gasteiger partial charge in [-0.15, -0.1) is 0 Å². The number of benzene rings is 4. The molecule has 1 aliphatic carbocycles. The summed E-state index contributed by atoms with van der Waals surface area (Å²) in [6.07, 6.45) is 2.95. The van der Waals surface area contributed by atoms with Crippen LogP contribution in [-0.2, 0) is 25.7 Å². The van der Waals surface area contributed by atoms with Crippen molar-refractivity contribution in [2.24, 2.45) is 0 Å². The third kappa shape index (κ3) is 4.62. The molecule has 0 heterocycles. The number of fused-ring (bicyclic) bond motifs is 3. The Morgan fingerprint density at radius 2 is 1.47 bits per heavy atom. The lowest BCUT2D eigenvalue weighted by molar-refractivity contribution is 0.357. The van der Waals surface area contributed by atoms with Gasteiger partial charge in [-0.25, -0.2) is 0 Å². The molecule has 184 valence electrons. The Morgan fingerprint density at radius 3 is 2.25 bits per heavy atom. The molecule has 6 nitrogen and oxygen atoms in total.